The molecule has 8 heteroatoms. The molecular formula is C22H30N4O3S. The molecule has 0 radical (unpaired) electrons. The zero-order valence-electron chi connectivity index (χ0n) is 17.9. The van der Waals surface area contributed by atoms with Crippen LogP contribution in [0, 0.1) is 5.92 Å². The fraction of sp³-hybridized carbons (Fsp3) is 0.545. The van der Waals surface area contributed by atoms with E-state index in [4.69, 9.17) is 4.74 Å². The molecule has 1 aliphatic carbocycles. The molecule has 0 spiro atoms. The van der Waals surface area contributed by atoms with Gasteiger partial charge in [-0.25, -0.2) is 0 Å². The van der Waals surface area contributed by atoms with E-state index in [1.54, 1.807) is 7.11 Å². The molecule has 3 rings (SSSR count). The van der Waals surface area contributed by atoms with Crippen LogP contribution in [0.1, 0.15) is 52.4 Å². The zero-order valence-corrected chi connectivity index (χ0v) is 18.7. The largest absolute Gasteiger partial charge is 0.497 e. The van der Waals surface area contributed by atoms with Gasteiger partial charge in [-0.05, 0) is 50.5 Å². The minimum atomic E-state index is -0.153. The lowest BCUT2D eigenvalue weighted by Gasteiger charge is -2.30. The quantitative estimate of drug-likeness (QED) is 0.639. The molecule has 2 aromatic rings. The van der Waals surface area contributed by atoms with Gasteiger partial charge in [0, 0.05) is 30.5 Å². The SMILES string of the molecule is CCC(C)N(CCC(=O)Nc1nnc(-c2ccc(OC)cc2)s1)C(=O)C1CCCC1. The molecule has 0 saturated heterocycles. The number of methoxy groups -OCH3 is 1. The molecule has 1 unspecified atom stereocenters. The summed E-state index contributed by atoms with van der Waals surface area (Å²) < 4.78 is 5.17. The van der Waals surface area contributed by atoms with Crippen molar-refractivity contribution < 1.29 is 14.3 Å². The van der Waals surface area contributed by atoms with E-state index in [0.717, 1.165) is 48.4 Å². The Morgan fingerprint density at radius 3 is 2.57 bits per heavy atom. The molecule has 0 aliphatic heterocycles. The Morgan fingerprint density at radius 1 is 1.23 bits per heavy atom. The highest BCUT2D eigenvalue weighted by atomic mass is 32.1. The molecule has 1 fully saturated rings. The number of nitrogens with zero attached hydrogens (tertiary/aromatic N) is 3. The highest BCUT2D eigenvalue weighted by molar-refractivity contribution is 7.18. The fourth-order valence-corrected chi connectivity index (χ4v) is 4.47. The minimum absolute atomic E-state index is 0.122. The second-order valence-electron chi connectivity index (χ2n) is 7.71. The van der Waals surface area contributed by atoms with Crippen LogP contribution in [0.2, 0.25) is 0 Å². The number of hydrogen-bond acceptors (Lipinski definition) is 6. The van der Waals surface area contributed by atoms with Gasteiger partial charge in [0.25, 0.3) is 0 Å². The number of hydrogen-bond donors (Lipinski definition) is 1. The van der Waals surface area contributed by atoms with E-state index in [2.05, 4.69) is 29.4 Å². The van der Waals surface area contributed by atoms with Gasteiger partial charge in [-0.2, -0.15) is 0 Å². The van der Waals surface area contributed by atoms with Gasteiger partial charge in [0.1, 0.15) is 10.8 Å². The minimum Gasteiger partial charge on any atom is -0.497 e. The average Bonchev–Trinajstić information content (AvgIpc) is 3.46. The summed E-state index contributed by atoms with van der Waals surface area (Å²) in [6.07, 6.45) is 5.31. The lowest BCUT2D eigenvalue weighted by atomic mass is 10.0. The molecule has 162 valence electrons. The summed E-state index contributed by atoms with van der Waals surface area (Å²) in [5, 5.41) is 12.2. The molecular weight excluding hydrogens is 400 g/mol. The van der Waals surface area contributed by atoms with E-state index >= 15 is 0 Å². The smallest absolute Gasteiger partial charge is 0.227 e. The molecule has 1 saturated carbocycles. The summed E-state index contributed by atoms with van der Waals surface area (Å²) in [5.74, 6) is 0.944. The van der Waals surface area contributed by atoms with Crippen molar-refractivity contribution in [1.29, 1.82) is 0 Å². The van der Waals surface area contributed by atoms with Crippen molar-refractivity contribution in [2.24, 2.45) is 5.92 Å². The first kappa shape index (κ1) is 22.2. The first-order valence-corrected chi connectivity index (χ1v) is 11.4. The first-order valence-electron chi connectivity index (χ1n) is 10.6. The van der Waals surface area contributed by atoms with Crippen molar-refractivity contribution >= 4 is 28.3 Å². The summed E-state index contributed by atoms with van der Waals surface area (Å²) >= 11 is 1.32. The number of benzene rings is 1. The van der Waals surface area contributed by atoms with Gasteiger partial charge >= 0.3 is 0 Å². The van der Waals surface area contributed by atoms with E-state index in [1.807, 2.05) is 29.2 Å². The average molecular weight is 431 g/mol. The van der Waals surface area contributed by atoms with Crippen LogP contribution < -0.4 is 10.1 Å². The summed E-state index contributed by atoms with van der Waals surface area (Å²) in [4.78, 5) is 27.2. The number of aromatic nitrogens is 2. The molecule has 1 aromatic carbocycles. The lowest BCUT2D eigenvalue weighted by Crippen LogP contribution is -2.43. The van der Waals surface area contributed by atoms with E-state index in [1.165, 1.54) is 11.3 Å². The number of anilines is 1. The Kier molecular flexibility index (Phi) is 7.79. The van der Waals surface area contributed by atoms with Gasteiger partial charge in [-0.3, -0.25) is 9.59 Å². The Hall–Kier alpha value is -2.48. The molecule has 30 heavy (non-hydrogen) atoms. The number of ether oxygens (including phenoxy) is 1. The number of nitrogens with one attached hydrogen (secondary N) is 1. The first-order chi connectivity index (χ1) is 14.5. The van der Waals surface area contributed by atoms with E-state index in [-0.39, 0.29) is 30.2 Å². The van der Waals surface area contributed by atoms with Crippen molar-refractivity contribution in [3.8, 4) is 16.3 Å². The summed E-state index contributed by atoms with van der Waals surface area (Å²) in [5.41, 5.74) is 0.916. The van der Waals surface area contributed by atoms with Gasteiger partial charge in [-0.1, -0.05) is 31.1 Å². The van der Waals surface area contributed by atoms with Gasteiger partial charge in [0.15, 0.2) is 0 Å². The Bertz CT molecular complexity index is 846. The third kappa shape index (κ3) is 5.56. The van der Waals surface area contributed by atoms with Gasteiger partial charge in [-0.15, -0.1) is 10.2 Å². The van der Waals surface area contributed by atoms with Crippen LogP contribution in [0.3, 0.4) is 0 Å². The van der Waals surface area contributed by atoms with Crippen LogP contribution in [-0.4, -0.2) is 46.6 Å². The summed E-state index contributed by atoms with van der Waals surface area (Å²) in [6.45, 7) is 4.55. The number of carbonyl (C=O) groups is 2. The Balaban J connectivity index is 1.56. The third-order valence-electron chi connectivity index (χ3n) is 5.70. The monoisotopic (exact) mass is 430 g/mol. The number of rotatable bonds is 9. The lowest BCUT2D eigenvalue weighted by molar-refractivity contribution is -0.137. The molecule has 1 aromatic heterocycles. The molecule has 0 bridgehead atoms. The fourth-order valence-electron chi connectivity index (χ4n) is 3.70. The predicted octanol–water partition coefficient (Wildman–Crippen LogP) is 4.36. The number of amides is 2. The second kappa shape index (κ2) is 10.5. The third-order valence-corrected chi connectivity index (χ3v) is 6.59. The van der Waals surface area contributed by atoms with Crippen molar-refractivity contribution in [3.05, 3.63) is 24.3 Å². The Labute approximate surface area is 181 Å². The predicted molar refractivity (Wildman–Crippen MR) is 119 cm³/mol. The number of carbonyl (C=O) groups excluding carboxylic acids is 2. The van der Waals surface area contributed by atoms with Crippen LogP contribution in [0.25, 0.3) is 10.6 Å². The molecule has 1 heterocycles. The summed E-state index contributed by atoms with van der Waals surface area (Å²) in [7, 11) is 1.62. The van der Waals surface area contributed by atoms with Crippen LogP contribution in [-0.2, 0) is 9.59 Å². The maximum atomic E-state index is 12.9. The van der Waals surface area contributed by atoms with E-state index in [9.17, 15) is 9.59 Å². The maximum absolute atomic E-state index is 12.9. The van der Waals surface area contributed by atoms with Crippen molar-refractivity contribution in [2.75, 3.05) is 19.0 Å². The topological polar surface area (TPSA) is 84.4 Å². The van der Waals surface area contributed by atoms with Crippen molar-refractivity contribution in [1.82, 2.24) is 15.1 Å². The second-order valence-corrected chi connectivity index (χ2v) is 8.69. The van der Waals surface area contributed by atoms with Crippen LogP contribution in [0.5, 0.6) is 5.75 Å². The summed E-state index contributed by atoms with van der Waals surface area (Å²) in [6, 6.07) is 7.67. The van der Waals surface area contributed by atoms with E-state index in [0.29, 0.717) is 11.7 Å². The van der Waals surface area contributed by atoms with Crippen LogP contribution >= 0.6 is 11.3 Å². The van der Waals surface area contributed by atoms with E-state index < -0.39 is 0 Å². The maximum Gasteiger partial charge on any atom is 0.227 e. The zero-order chi connectivity index (χ0) is 21.5. The molecule has 1 aliphatic rings. The standard InChI is InChI=1S/C22H30N4O3S/c1-4-15(2)26(21(28)17-7-5-6-8-17)14-13-19(27)23-22-25-24-20(30-22)16-9-11-18(29-3)12-10-16/h9-12,15,17H,4-8,13-14H2,1-3H3,(H,23,25,27). The Morgan fingerprint density at radius 2 is 1.93 bits per heavy atom. The van der Waals surface area contributed by atoms with Crippen LogP contribution in [0.4, 0.5) is 5.13 Å². The van der Waals surface area contributed by atoms with Crippen molar-refractivity contribution in [2.45, 2.75) is 58.4 Å². The molecule has 2 amide bonds. The van der Waals surface area contributed by atoms with Crippen LogP contribution in [0.15, 0.2) is 24.3 Å². The van der Waals surface area contributed by atoms with Crippen molar-refractivity contribution in [3.63, 3.8) is 0 Å². The highest BCUT2D eigenvalue weighted by Gasteiger charge is 2.29. The van der Waals surface area contributed by atoms with Gasteiger partial charge in [0.05, 0.1) is 7.11 Å². The molecule has 1 N–H and O–H groups in total. The molecule has 1 atom stereocenters. The normalized spacial score (nSPS) is 15.0. The molecule has 7 nitrogen and oxygen atoms in total. The van der Waals surface area contributed by atoms with Gasteiger partial charge < -0.3 is 15.0 Å². The highest BCUT2D eigenvalue weighted by Crippen LogP contribution is 2.29. The van der Waals surface area contributed by atoms with Gasteiger partial charge in [0.2, 0.25) is 16.9 Å².